The largest absolute Gasteiger partial charge is 0.453 e. The number of ether oxygens (including phenoxy) is 1. The van der Waals surface area contributed by atoms with E-state index in [1.54, 1.807) is 12.1 Å². The predicted molar refractivity (Wildman–Crippen MR) is 125 cm³/mol. The number of ketones is 1. The van der Waals surface area contributed by atoms with Gasteiger partial charge in [-0.25, -0.2) is 17.9 Å². The number of esters is 1. The second-order valence-electron chi connectivity index (χ2n) is 7.54. The number of Topliss-reactive ketones (excluding diaryl/α,β-unsaturated/α-hetero) is 1. The maximum absolute atomic E-state index is 12.7. The van der Waals surface area contributed by atoms with Crippen molar-refractivity contribution in [3.8, 4) is 0 Å². The van der Waals surface area contributed by atoms with Crippen molar-refractivity contribution in [2.75, 3.05) is 19.4 Å². The van der Waals surface area contributed by atoms with Crippen LogP contribution in [0, 0.1) is 13.8 Å². The molecule has 0 spiro atoms. The lowest BCUT2D eigenvalue weighted by Crippen LogP contribution is -2.24. The van der Waals surface area contributed by atoms with E-state index in [-0.39, 0.29) is 18.9 Å². The first-order chi connectivity index (χ1) is 15.1. The van der Waals surface area contributed by atoms with Crippen LogP contribution >= 0.6 is 11.3 Å². The van der Waals surface area contributed by atoms with Gasteiger partial charge in [0.2, 0.25) is 15.8 Å². The third kappa shape index (κ3) is 6.38. The molecule has 1 N–H and O–H groups in total. The van der Waals surface area contributed by atoms with Crippen LogP contribution in [0.25, 0.3) is 0 Å². The second-order valence-corrected chi connectivity index (χ2v) is 10.5. The molecule has 2 heterocycles. The molecule has 0 atom stereocenters. The maximum atomic E-state index is 12.7. The summed E-state index contributed by atoms with van der Waals surface area (Å²) in [5, 5.41) is 0. The fourth-order valence-corrected chi connectivity index (χ4v) is 4.73. The van der Waals surface area contributed by atoms with E-state index in [1.165, 1.54) is 11.3 Å². The van der Waals surface area contributed by atoms with E-state index in [4.69, 9.17) is 4.74 Å². The van der Waals surface area contributed by atoms with Gasteiger partial charge in [-0.05, 0) is 44.0 Å². The lowest BCUT2D eigenvalue weighted by Gasteiger charge is -2.10. The Labute approximate surface area is 192 Å². The van der Waals surface area contributed by atoms with Gasteiger partial charge in [-0.1, -0.05) is 30.3 Å². The fraction of sp³-hybridized carbons (Fsp3) is 0.304. The molecule has 0 unspecified atom stereocenters. The molecule has 9 heteroatoms. The summed E-state index contributed by atoms with van der Waals surface area (Å²) in [5.41, 5.74) is 3.49. The Bertz CT molecular complexity index is 1210. The van der Waals surface area contributed by atoms with Gasteiger partial charge < -0.3 is 9.30 Å². The zero-order valence-electron chi connectivity index (χ0n) is 18.3. The van der Waals surface area contributed by atoms with Gasteiger partial charge in [-0.2, -0.15) is 0 Å². The van der Waals surface area contributed by atoms with Crippen molar-refractivity contribution in [1.82, 2.24) is 9.29 Å². The molecule has 32 heavy (non-hydrogen) atoms. The smallest absolute Gasteiger partial charge is 0.348 e. The molecule has 0 radical (unpaired) electrons. The minimum Gasteiger partial charge on any atom is -0.453 e. The number of hydrogen-bond donors (Lipinski definition) is 1. The SMILES string of the molecule is Cc1cc(C(=O)COC(=O)c2ccc(CCNS(C)(=O)=O)s2)c(C)n1Cc1ccccc1. The van der Waals surface area contributed by atoms with Crippen LogP contribution in [0.3, 0.4) is 0 Å². The van der Waals surface area contributed by atoms with Crippen molar-refractivity contribution in [2.24, 2.45) is 0 Å². The van der Waals surface area contributed by atoms with Crippen LogP contribution in [-0.2, 0) is 27.7 Å². The summed E-state index contributed by atoms with van der Waals surface area (Å²) in [7, 11) is -3.25. The van der Waals surface area contributed by atoms with E-state index in [1.807, 2.05) is 50.2 Å². The summed E-state index contributed by atoms with van der Waals surface area (Å²) in [4.78, 5) is 26.3. The molecule has 0 fully saturated rings. The van der Waals surface area contributed by atoms with Crippen molar-refractivity contribution < 1.29 is 22.7 Å². The van der Waals surface area contributed by atoms with Crippen LogP contribution in [0.4, 0.5) is 0 Å². The van der Waals surface area contributed by atoms with E-state index in [2.05, 4.69) is 9.29 Å². The Morgan fingerprint density at radius 2 is 1.81 bits per heavy atom. The molecule has 0 saturated heterocycles. The van der Waals surface area contributed by atoms with Gasteiger partial charge in [0, 0.05) is 34.9 Å². The third-order valence-electron chi connectivity index (χ3n) is 4.99. The monoisotopic (exact) mass is 474 g/mol. The zero-order chi connectivity index (χ0) is 23.3. The summed E-state index contributed by atoms with van der Waals surface area (Å²) in [6.07, 6.45) is 1.57. The standard InChI is InChI=1S/C23H26N2O5S2/c1-16-13-20(17(2)25(16)14-18-7-5-4-6-8-18)21(26)15-30-23(27)22-10-9-19(31-22)11-12-24-32(3,28)29/h4-10,13,24H,11-12,14-15H2,1-3H3. The fourth-order valence-electron chi connectivity index (χ4n) is 3.35. The lowest BCUT2D eigenvalue weighted by molar-refractivity contribution is 0.0479. The average Bonchev–Trinajstić information content (AvgIpc) is 3.32. The highest BCUT2D eigenvalue weighted by Crippen LogP contribution is 2.20. The topological polar surface area (TPSA) is 94.5 Å². The van der Waals surface area contributed by atoms with Gasteiger partial charge in [0.15, 0.2) is 6.61 Å². The third-order valence-corrected chi connectivity index (χ3v) is 6.84. The number of rotatable bonds is 10. The molecule has 1 aromatic carbocycles. The Hall–Kier alpha value is -2.75. The number of carbonyl (C=O) groups is 2. The number of aryl methyl sites for hydroxylation is 1. The molecule has 0 bridgehead atoms. The number of benzene rings is 1. The number of carbonyl (C=O) groups excluding carboxylic acids is 2. The van der Waals surface area contributed by atoms with Crippen molar-refractivity contribution in [1.29, 1.82) is 0 Å². The molecular weight excluding hydrogens is 448 g/mol. The van der Waals surface area contributed by atoms with E-state index >= 15 is 0 Å². The summed E-state index contributed by atoms with van der Waals surface area (Å²) in [6.45, 7) is 4.42. The highest BCUT2D eigenvalue weighted by Gasteiger charge is 2.19. The van der Waals surface area contributed by atoms with Crippen molar-refractivity contribution >= 4 is 33.1 Å². The molecular formula is C23H26N2O5S2. The lowest BCUT2D eigenvalue weighted by atomic mass is 10.1. The normalized spacial score (nSPS) is 11.5. The summed E-state index contributed by atoms with van der Waals surface area (Å²) < 4.78 is 32.0. The molecule has 0 aliphatic heterocycles. The second kappa shape index (κ2) is 10.2. The Morgan fingerprint density at radius 1 is 1.09 bits per heavy atom. The van der Waals surface area contributed by atoms with E-state index in [9.17, 15) is 18.0 Å². The molecule has 3 aromatic rings. The van der Waals surface area contributed by atoms with Gasteiger partial charge in [0.1, 0.15) is 4.88 Å². The highest BCUT2D eigenvalue weighted by atomic mass is 32.2. The first kappa shape index (κ1) is 23.9. The zero-order valence-corrected chi connectivity index (χ0v) is 19.9. The first-order valence-electron chi connectivity index (χ1n) is 10.1. The van der Waals surface area contributed by atoms with Crippen LogP contribution < -0.4 is 4.72 Å². The Balaban J connectivity index is 1.58. The van der Waals surface area contributed by atoms with Crippen LogP contribution in [0.1, 0.15) is 41.9 Å². The number of aromatic nitrogens is 1. The minimum atomic E-state index is -3.25. The molecule has 2 aromatic heterocycles. The molecule has 3 rings (SSSR count). The van der Waals surface area contributed by atoms with Gasteiger partial charge in [-0.15, -0.1) is 11.3 Å². The number of hydrogen-bond acceptors (Lipinski definition) is 6. The summed E-state index contributed by atoms with van der Waals surface area (Å²) >= 11 is 1.23. The number of nitrogens with one attached hydrogen (secondary N) is 1. The van der Waals surface area contributed by atoms with E-state index < -0.39 is 16.0 Å². The van der Waals surface area contributed by atoms with Crippen molar-refractivity contribution in [2.45, 2.75) is 26.8 Å². The van der Waals surface area contributed by atoms with Crippen molar-refractivity contribution in [3.05, 3.63) is 80.8 Å². The maximum Gasteiger partial charge on any atom is 0.348 e. The van der Waals surface area contributed by atoms with Crippen LogP contribution in [0.5, 0.6) is 0 Å². The quantitative estimate of drug-likeness (QED) is 0.359. The molecule has 7 nitrogen and oxygen atoms in total. The van der Waals surface area contributed by atoms with Gasteiger partial charge >= 0.3 is 5.97 Å². The van der Waals surface area contributed by atoms with Crippen LogP contribution in [0.15, 0.2) is 48.5 Å². The first-order valence-corrected chi connectivity index (χ1v) is 12.8. The van der Waals surface area contributed by atoms with Gasteiger partial charge in [0.25, 0.3) is 0 Å². The van der Waals surface area contributed by atoms with Crippen LogP contribution in [0.2, 0.25) is 0 Å². The van der Waals surface area contributed by atoms with Gasteiger partial charge in [0.05, 0.1) is 6.26 Å². The van der Waals surface area contributed by atoms with Gasteiger partial charge in [-0.3, -0.25) is 4.79 Å². The van der Waals surface area contributed by atoms with E-state index in [0.29, 0.717) is 23.4 Å². The van der Waals surface area contributed by atoms with Crippen molar-refractivity contribution in [3.63, 3.8) is 0 Å². The molecule has 0 aliphatic carbocycles. The Kier molecular flexibility index (Phi) is 7.65. The highest BCUT2D eigenvalue weighted by molar-refractivity contribution is 7.88. The summed E-state index contributed by atoms with van der Waals surface area (Å²) in [6, 6.07) is 15.2. The summed E-state index contributed by atoms with van der Waals surface area (Å²) in [5.74, 6) is -0.816. The predicted octanol–water partition coefficient (Wildman–Crippen LogP) is 3.35. The molecule has 0 saturated carbocycles. The van der Waals surface area contributed by atoms with Crippen LogP contribution in [-0.4, -0.2) is 44.1 Å². The molecule has 170 valence electrons. The average molecular weight is 475 g/mol. The minimum absolute atomic E-state index is 0.250. The number of nitrogens with zero attached hydrogens (tertiary/aromatic N) is 1. The van der Waals surface area contributed by atoms with E-state index in [0.717, 1.165) is 28.1 Å². The Morgan fingerprint density at radius 3 is 2.50 bits per heavy atom. The molecule has 0 aliphatic rings. The number of sulfonamides is 1. The number of thiophene rings is 1. The molecule has 0 amide bonds.